The molecule has 0 fully saturated rings. The summed E-state index contributed by atoms with van der Waals surface area (Å²) in [5.74, 6) is -0.212. The normalized spacial score (nSPS) is 10.8. The van der Waals surface area contributed by atoms with Crippen LogP contribution in [0.5, 0.6) is 0 Å². The van der Waals surface area contributed by atoms with Crippen molar-refractivity contribution in [2.75, 3.05) is 0 Å². The van der Waals surface area contributed by atoms with Crippen LogP contribution in [0.1, 0.15) is 19.4 Å². The Balaban J connectivity index is 2.75. The molecule has 0 bridgehead atoms. The van der Waals surface area contributed by atoms with Gasteiger partial charge < -0.3 is 5.32 Å². The summed E-state index contributed by atoms with van der Waals surface area (Å²) in [6, 6.07) is 6.16. The molecule has 1 aromatic carbocycles. The van der Waals surface area contributed by atoms with Gasteiger partial charge in [0, 0.05) is 12.6 Å². The number of hydrogen-bond acceptors (Lipinski definition) is 3. The standard InChI is InChI=1S/C12H16N2O3S/c1-9(2)6-12(15)14-8-10-4-3-5-11(7-10)18(13,16)17/h3-7H,8H2,1-2H3,(H,14,15)(H2,13,16,17). The van der Waals surface area contributed by atoms with Gasteiger partial charge in [-0.15, -0.1) is 0 Å². The van der Waals surface area contributed by atoms with E-state index in [0.717, 1.165) is 5.57 Å². The zero-order valence-electron chi connectivity index (χ0n) is 10.3. The number of amides is 1. The molecular weight excluding hydrogens is 252 g/mol. The van der Waals surface area contributed by atoms with Gasteiger partial charge in [0.05, 0.1) is 4.90 Å². The summed E-state index contributed by atoms with van der Waals surface area (Å²) in [7, 11) is -3.71. The maximum absolute atomic E-state index is 11.4. The molecule has 0 atom stereocenters. The highest BCUT2D eigenvalue weighted by Crippen LogP contribution is 2.09. The molecule has 1 amide bonds. The summed E-state index contributed by atoms with van der Waals surface area (Å²) in [4.78, 5) is 11.4. The van der Waals surface area contributed by atoms with Crippen LogP contribution in [0.4, 0.5) is 0 Å². The van der Waals surface area contributed by atoms with Crippen molar-refractivity contribution in [2.24, 2.45) is 5.14 Å². The van der Waals surface area contributed by atoms with Crippen molar-refractivity contribution < 1.29 is 13.2 Å². The molecule has 0 aliphatic carbocycles. The van der Waals surface area contributed by atoms with Crippen LogP contribution in [0.25, 0.3) is 0 Å². The molecule has 6 heteroatoms. The van der Waals surface area contributed by atoms with Crippen LogP contribution in [0, 0.1) is 0 Å². The third-order valence-electron chi connectivity index (χ3n) is 2.11. The molecule has 0 saturated carbocycles. The molecule has 98 valence electrons. The largest absolute Gasteiger partial charge is 0.348 e. The van der Waals surface area contributed by atoms with Crippen LogP contribution in [0.3, 0.4) is 0 Å². The van der Waals surface area contributed by atoms with Gasteiger partial charge in [-0.05, 0) is 31.5 Å². The summed E-state index contributed by atoms with van der Waals surface area (Å²) < 4.78 is 22.3. The second kappa shape index (κ2) is 5.79. The summed E-state index contributed by atoms with van der Waals surface area (Å²) in [6.45, 7) is 3.90. The van der Waals surface area contributed by atoms with Crippen molar-refractivity contribution in [1.82, 2.24) is 5.32 Å². The molecule has 0 aliphatic heterocycles. The number of nitrogens with one attached hydrogen (secondary N) is 1. The number of carbonyl (C=O) groups excluding carboxylic acids is 1. The van der Waals surface area contributed by atoms with Gasteiger partial charge in [0.15, 0.2) is 0 Å². The van der Waals surface area contributed by atoms with E-state index in [2.05, 4.69) is 5.32 Å². The molecule has 0 saturated heterocycles. The number of hydrogen-bond donors (Lipinski definition) is 2. The summed E-state index contributed by atoms with van der Waals surface area (Å²) in [5, 5.41) is 7.68. The van der Waals surface area contributed by atoms with E-state index in [9.17, 15) is 13.2 Å². The van der Waals surface area contributed by atoms with Gasteiger partial charge in [-0.1, -0.05) is 17.7 Å². The van der Waals surface area contributed by atoms with E-state index in [1.807, 2.05) is 13.8 Å². The van der Waals surface area contributed by atoms with Gasteiger partial charge in [0.1, 0.15) is 0 Å². The minimum atomic E-state index is -3.71. The Kier molecular flexibility index (Phi) is 4.63. The van der Waals surface area contributed by atoms with Gasteiger partial charge in [-0.3, -0.25) is 4.79 Å². The van der Waals surface area contributed by atoms with Gasteiger partial charge >= 0.3 is 0 Å². The average Bonchev–Trinajstić information content (AvgIpc) is 2.25. The molecule has 1 aromatic rings. The van der Waals surface area contributed by atoms with Crippen LogP contribution in [-0.2, 0) is 21.4 Å². The highest BCUT2D eigenvalue weighted by atomic mass is 32.2. The van der Waals surface area contributed by atoms with E-state index in [-0.39, 0.29) is 17.3 Å². The highest BCUT2D eigenvalue weighted by molar-refractivity contribution is 7.89. The lowest BCUT2D eigenvalue weighted by atomic mass is 10.2. The minimum Gasteiger partial charge on any atom is -0.348 e. The SMILES string of the molecule is CC(C)=CC(=O)NCc1cccc(S(N)(=O)=O)c1. The van der Waals surface area contributed by atoms with E-state index >= 15 is 0 Å². The zero-order valence-corrected chi connectivity index (χ0v) is 11.1. The first-order valence-electron chi connectivity index (χ1n) is 5.33. The molecule has 5 nitrogen and oxygen atoms in total. The second-order valence-electron chi connectivity index (χ2n) is 4.13. The second-order valence-corrected chi connectivity index (χ2v) is 5.69. The van der Waals surface area contributed by atoms with Crippen molar-refractivity contribution >= 4 is 15.9 Å². The number of benzene rings is 1. The van der Waals surface area contributed by atoms with Crippen molar-refractivity contribution in [3.05, 3.63) is 41.5 Å². The fourth-order valence-corrected chi connectivity index (χ4v) is 1.92. The Hall–Kier alpha value is -1.66. The average molecular weight is 268 g/mol. The Bertz CT molecular complexity index is 573. The van der Waals surface area contributed by atoms with Gasteiger partial charge in [-0.25, -0.2) is 13.6 Å². The summed E-state index contributed by atoms with van der Waals surface area (Å²) >= 11 is 0. The molecular formula is C12H16N2O3S. The monoisotopic (exact) mass is 268 g/mol. The third-order valence-corrected chi connectivity index (χ3v) is 3.02. The molecule has 0 spiro atoms. The maximum atomic E-state index is 11.4. The number of nitrogens with two attached hydrogens (primary N) is 1. The minimum absolute atomic E-state index is 0.0384. The Morgan fingerprint density at radius 2 is 2.06 bits per heavy atom. The molecule has 3 N–H and O–H groups in total. The number of sulfonamides is 1. The number of rotatable bonds is 4. The van der Waals surface area contributed by atoms with Gasteiger partial charge in [-0.2, -0.15) is 0 Å². The van der Waals surface area contributed by atoms with E-state index in [4.69, 9.17) is 5.14 Å². The molecule has 1 rings (SSSR count). The van der Waals surface area contributed by atoms with Gasteiger partial charge in [0.2, 0.25) is 15.9 Å². The first-order valence-corrected chi connectivity index (χ1v) is 6.88. The van der Waals surface area contributed by atoms with Crippen molar-refractivity contribution in [1.29, 1.82) is 0 Å². The van der Waals surface area contributed by atoms with Gasteiger partial charge in [0.25, 0.3) is 0 Å². The molecule has 0 heterocycles. The quantitative estimate of drug-likeness (QED) is 0.796. The third kappa shape index (κ3) is 4.68. The molecule has 0 aliphatic rings. The zero-order chi connectivity index (χ0) is 13.8. The lowest BCUT2D eigenvalue weighted by Gasteiger charge is -2.05. The Morgan fingerprint density at radius 3 is 2.61 bits per heavy atom. The van der Waals surface area contributed by atoms with Crippen molar-refractivity contribution in [2.45, 2.75) is 25.3 Å². The van der Waals surface area contributed by atoms with Crippen LogP contribution in [0.15, 0.2) is 40.8 Å². The highest BCUT2D eigenvalue weighted by Gasteiger charge is 2.07. The van der Waals surface area contributed by atoms with Crippen LogP contribution >= 0.6 is 0 Å². The lowest BCUT2D eigenvalue weighted by Crippen LogP contribution is -2.21. The van der Waals surface area contributed by atoms with E-state index in [1.54, 1.807) is 12.1 Å². The van der Waals surface area contributed by atoms with Crippen molar-refractivity contribution in [3.63, 3.8) is 0 Å². The molecule has 0 unspecified atom stereocenters. The summed E-state index contributed by atoms with van der Waals surface area (Å²) in [6.07, 6.45) is 1.48. The predicted molar refractivity (Wildman–Crippen MR) is 69.1 cm³/mol. The lowest BCUT2D eigenvalue weighted by molar-refractivity contribution is -0.116. The maximum Gasteiger partial charge on any atom is 0.244 e. The number of primary sulfonamides is 1. The van der Waals surface area contributed by atoms with Crippen LogP contribution in [0.2, 0.25) is 0 Å². The molecule has 0 aromatic heterocycles. The van der Waals surface area contributed by atoms with E-state index < -0.39 is 10.0 Å². The van der Waals surface area contributed by atoms with Crippen LogP contribution in [-0.4, -0.2) is 14.3 Å². The topological polar surface area (TPSA) is 89.3 Å². The first kappa shape index (κ1) is 14.4. The molecule has 18 heavy (non-hydrogen) atoms. The fourth-order valence-electron chi connectivity index (χ4n) is 1.33. The molecule has 0 radical (unpaired) electrons. The number of carbonyl (C=O) groups is 1. The fraction of sp³-hybridized carbons (Fsp3) is 0.250. The Morgan fingerprint density at radius 1 is 1.39 bits per heavy atom. The first-order chi connectivity index (χ1) is 8.29. The Labute approximate surface area is 107 Å². The van der Waals surface area contributed by atoms with Crippen LogP contribution < -0.4 is 10.5 Å². The predicted octanol–water partition coefficient (Wildman–Crippen LogP) is 0.916. The smallest absolute Gasteiger partial charge is 0.244 e. The number of allylic oxidation sites excluding steroid dienone is 1. The summed E-state index contributed by atoms with van der Waals surface area (Å²) in [5.41, 5.74) is 1.57. The van der Waals surface area contributed by atoms with Crippen molar-refractivity contribution in [3.8, 4) is 0 Å². The van der Waals surface area contributed by atoms with E-state index in [1.165, 1.54) is 18.2 Å². The van der Waals surface area contributed by atoms with E-state index in [0.29, 0.717) is 5.56 Å².